The zero-order chi connectivity index (χ0) is 11.5. The first kappa shape index (κ1) is 11.0. The van der Waals surface area contributed by atoms with E-state index in [1.807, 2.05) is 6.07 Å². The van der Waals surface area contributed by atoms with Crippen molar-refractivity contribution in [3.63, 3.8) is 0 Å². The lowest BCUT2D eigenvalue weighted by Gasteiger charge is -1.99. The Kier molecular flexibility index (Phi) is 3.12. The molecule has 0 fully saturated rings. The van der Waals surface area contributed by atoms with Crippen molar-refractivity contribution < 1.29 is 14.3 Å². The predicted molar refractivity (Wildman–Crippen MR) is 60.6 cm³/mol. The number of aromatic nitrogens is 1. The molecule has 5 heteroatoms. The Hall–Kier alpha value is -1.52. The second-order valence-electron chi connectivity index (χ2n) is 3.25. The van der Waals surface area contributed by atoms with Gasteiger partial charge >= 0.3 is 5.97 Å². The second kappa shape index (κ2) is 4.55. The highest BCUT2D eigenvalue weighted by molar-refractivity contribution is 6.31. The first-order chi connectivity index (χ1) is 7.70. The molecule has 1 aromatic carbocycles. The van der Waals surface area contributed by atoms with Crippen molar-refractivity contribution in [2.75, 3.05) is 13.9 Å². The first-order valence-electron chi connectivity index (χ1n) is 4.65. The van der Waals surface area contributed by atoms with Gasteiger partial charge in [0.25, 0.3) is 0 Å². The van der Waals surface area contributed by atoms with Gasteiger partial charge in [-0.25, -0.2) is 4.79 Å². The number of esters is 1. The Bertz CT molecular complexity index is 521. The summed E-state index contributed by atoms with van der Waals surface area (Å²) < 4.78 is 9.46. The molecule has 0 unspecified atom stereocenters. The number of rotatable bonds is 3. The van der Waals surface area contributed by atoms with E-state index >= 15 is 0 Å². The number of H-pyrrole nitrogens is 1. The Morgan fingerprint density at radius 2 is 2.25 bits per heavy atom. The van der Waals surface area contributed by atoms with Crippen LogP contribution in [-0.2, 0) is 9.47 Å². The highest BCUT2D eigenvalue weighted by atomic mass is 35.5. The molecule has 0 saturated carbocycles. The number of ether oxygens (including phenoxy) is 2. The smallest absolute Gasteiger partial charge is 0.356 e. The number of hydrogen-bond donors (Lipinski definition) is 1. The summed E-state index contributed by atoms with van der Waals surface area (Å²) in [7, 11) is 1.46. The van der Waals surface area contributed by atoms with Crippen LogP contribution >= 0.6 is 11.6 Å². The Morgan fingerprint density at radius 1 is 1.44 bits per heavy atom. The summed E-state index contributed by atoms with van der Waals surface area (Å²) in [6.45, 7) is -0.0606. The minimum atomic E-state index is -0.450. The largest absolute Gasteiger partial charge is 0.434 e. The lowest BCUT2D eigenvalue weighted by atomic mass is 10.2. The molecule has 0 aliphatic rings. The van der Waals surface area contributed by atoms with Gasteiger partial charge in [-0.15, -0.1) is 0 Å². The summed E-state index contributed by atoms with van der Waals surface area (Å²) in [6, 6.07) is 7.04. The maximum absolute atomic E-state index is 11.5. The molecule has 0 amide bonds. The van der Waals surface area contributed by atoms with Gasteiger partial charge in [-0.05, 0) is 24.3 Å². The average molecular weight is 240 g/mol. The van der Waals surface area contributed by atoms with Crippen molar-refractivity contribution in [1.82, 2.24) is 4.98 Å². The number of carbonyl (C=O) groups excluding carboxylic acids is 1. The van der Waals surface area contributed by atoms with Crippen LogP contribution in [-0.4, -0.2) is 24.9 Å². The fraction of sp³-hybridized carbons (Fsp3) is 0.182. The number of methoxy groups -OCH3 is 1. The second-order valence-corrected chi connectivity index (χ2v) is 3.69. The summed E-state index contributed by atoms with van der Waals surface area (Å²) in [5.41, 5.74) is 1.23. The van der Waals surface area contributed by atoms with E-state index < -0.39 is 5.97 Å². The number of nitrogens with one attached hydrogen (secondary N) is 1. The topological polar surface area (TPSA) is 51.3 Å². The maximum Gasteiger partial charge on any atom is 0.356 e. The van der Waals surface area contributed by atoms with Crippen molar-refractivity contribution in [3.05, 3.63) is 35.0 Å². The van der Waals surface area contributed by atoms with Crippen molar-refractivity contribution in [2.24, 2.45) is 0 Å². The minimum absolute atomic E-state index is 0.0606. The fourth-order valence-electron chi connectivity index (χ4n) is 1.40. The van der Waals surface area contributed by atoms with Gasteiger partial charge in [0.2, 0.25) is 0 Å². The molecule has 0 bridgehead atoms. The highest BCUT2D eigenvalue weighted by Gasteiger charge is 2.10. The molecular weight excluding hydrogens is 230 g/mol. The molecule has 4 nitrogen and oxygen atoms in total. The Labute approximate surface area is 97.1 Å². The van der Waals surface area contributed by atoms with E-state index in [0.29, 0.717) is 10.7 Å². The van der Waals surface area contributed by atoms with Crippen LogP contribution in [0.5, 0.6) is 0 Å². The molecule has 2 aromatic rings. The van der Waals surface area contributed by atoms with Crippen molar-refractivity contribution >= 4 is 28.5 Å². The lowest BCUT2D eigenvalue weighted by molar-refractivity contribution is -0.0129. The lowest BCUT2D eigenvalue weighted by Crippen LogP contribution is -2.07. The van der Waals surface area contributed by atoms with Crippen LogP contribution in [0.15, 0.2) is 24.3 Å². The highest BCUT2D eigenvalue weighted by Crippen LogP contribution is 2.20. The SMILES string of the molecule is COCOC(=O)c1cc2cc(Cl)ccc2[nH]1. The summed E-state index contributed by atoms with van der Waals surface area (Å²) >= 11 is 5.84. The van der Waals surface area contributed by atoms with Crippen LogP contribution in [0.4, 0.5) is 0 Å². The van der Waals surface area contributed by atoms with E-state index in [2.05, 4.69) is 9.72 Å². The van der Waals surface area contributed by atoms with E-state index in [1.165, 1.54) is 7.11 Å². The summed E-state index contributed by atoms with van der Waals surface area (Å²) in [6.07, 6.45) is 0. The number of fused-ring (bicyclic) bond motifs is 1. The Morgan fingerprint density at radius 3 is 3.00 bits per heavy atom. The molecule has 1 heterocycles. The molecule has 0 radical (unpaired) electrons. The molecule has 0 aliphatic carbocycles. The minimum Gasteiger partial charge on any atom is -0.434 e. The number of aromatic amines is 1. The quantitative estimate of drug-likeness (QED) is 0.662. The van der Waals surface area contributed by atoms with Crippen molar-refractivity contribution in [3.8, 4) is 0 Å². The molecule has 0 aliphatic heterocycles. The predicted octanol–water partition coefficient (Wildman–Crippen LogP) is 2.58. The molecule has 84 valence electrons. The van der Waals surface area contributed by atoms with Crippen LogP contribution in [0.3, 0.4) is 0 Å². The summed E-state index contributed by atoms with van der Waals surface area (Å²) in [4.78, 5) is 14.4. The summed E-state index contributed by atoms with van der Waals surface area (Å²) in [5, 5.41) is 1.50. The van der Waals surface area contributed by atoms with Gasteiger partial charge in [-0.3, -0.25) is 0 Å². The van der Waals surface area contributed by atoms with Crippen LogP contribution in [0.25, 0.3) is 10.9 Å². The third-order valence-electron chi connectivity index (χ3n) is 2.11. The van der Waals surface area contributed by atoms with E-state index in [-0.39, 0.29) is 6.79 Å². The van der Waals surface area contributed by atoms with Crippen LogP contribution in [0, 0.1) is 0 Å². The van der Waals surface area contributed by atoms with Crippen molar-refractivity contribution in [2.45, 2.75) is 0 Å². The molecule has 2 rings (SSSR count). The van der Waals surface area contributed by atoms with E-state index in [4.69, 9.17) is 16.3 Å². The number of hydrogen-bond acceptors (Lipinski definition) is 3. The zero-order valence-corrected chi connectivity index (χ0v) is 9.38. The molecule has 1 aromatic heterocycles. The van der Waals surface area contributed by atoms with Gasteiger partial charge in [-0.2, -0.15) is 0 Å². The van der Waals surface area contributed by atoms with Gasteiger partial charge < -0.3 is 14.5 Å². The normalized spacial score (nSPS) is 10.6. The zero-order valence-electron chi connectivity index (χ0n) is 8.62. The van der Waals surface area contributed by atoms with Gasteiger partial charge in [-0.1, -0.05) is 11.6 Å². The number of benzene rings is 1. The monoisotopic (exact) mass is 239 g/mol. The fourth-order valence-corrected chi connectivity index (χ4v) is 1.58. The van der Waals surface area contributed by atoms with E-state index in [0.717, 1.165) is 10.9 Å². The van der Waals surface area contributed by atoms with Gasteiger partial charge in [0.05, 0.1) is 0 Å². The Balaban J connectivity index is 2.28. The molecule has 0 saturated heterocycles. The molecule has 0 atom stereocenters. The summed E-state index contributed by atoms with van der Waals surface area (Å²) in [5.74, 6) is -0.450. The van der Waals surface area contributed by atoms with Gasteiger partial charge in [0, 0.05) is 23.0 Å². The third kappa shape index (κ3) is 2.18. The standard InChI is InChI=1S/C11H10ClNO3/c1-15-6-16-11(14)10-5-7-4-8(12)2-3-9(7)13-10/h2-5,13H,6H2,1H3. The number of carbonyl (C=O) groups is 1. The van der Waals surface area contributed by atoms with Crippen LogP contribution in [0.1, 0.15) is 10.5 Å². The van der Waals surface area contributed by atoms with E-state index in [1.54, 1.807) is 18.2 Å². The molecule has 16 heavy (non-hydrogen) atoms. The average Bonchev–Trinajstić information content (AvgIpc) is 2.68. The van der Waals surface area contributed by atoms with Gasteiger partial charge in [0.15, 0.2) is 6.79 Å². The van der Waals surface area contributed by atoms with Crippen molar-refractivity contribution in [1.29, 1.82) is 0 Å². The first-order valence-corrected chi connectivity index (χ1v) is 5.03. The third-order valence-corrected chi connectivity index (χ3v) is 2.35. The molecule has 1 N–H and O–H groups in total. The molecule has 0 spiro atoms. The van der Waals surface area contributed by atoms with Crippen LogP contribution in [0.2, 0.25) is 5.02 Å². The van der Waals surface area contributed by atoms with Crippen LogP contribution < -0.4 is 0 Å². The van der Waals surface area contributed by atoms with Gasteiger partial charge in [0.1, 0.15) is 5.69 Å². The maximum atomic E-state index is 11.5. The molecular formula is C11H10ClNO3. The number of halogens is 1. The van der Waals surface area contributed by atoms with E-state index in [9.17, 15) is 4.79 Å².